The van der Waals surface area contributed by atoms with Crippen LogP contribution in [0.15, 0.2) is 48.5 Å². The fourth-order valence-electron chi connectivity index (χ4n) is 3.60. The van der Waals surface area contributed by atoms with Crippen LogP contribution in [-0.4, -0.2) is 42.3 Å². The Balaban J connectivity index is 1.58. The van der Waals surface area contributed by atoms with Crippen LogP contribution in [0, 0.1) is 5.82 Å². The van der Waals surface area contributed by atoms with E-state index in [2.05, 4.69) is 10.6 Å². The molecule has 1 aliphatic rings. The van der Waals surface area contributed by atoms with Gasteiger partial charge in [0.1, 0.15) is 11.4 Å². The lowest BCUT2D eigenvalue weighted by Gasteiger charge is -2.34. The number of rotatable bonds is 6. The van der Waals surface area contributed by atoms with Crippen LogP contribution in [0.1, 0.15) is 45.2 Å². The van der Waals surface area contributed by atoms with Crippen LogP contribution >= 0.6 is 11.6 Å². The number of anilines is 1. The fraction of sp³-hybridized carbons (Fsp3) is 0.458. The van der Waals surface area contributed by atoms with E-state index in [0.29, 0.717) is 30.7 Å². The van der Waals surface area contributed by atoms with Gasteiger partial charge < -0.3 is 20.3 Å². The van der Waals surface area contributed by atoms with Gasteiger partial charge in [-0.2, -0.15) is 0 Å². The number of benzene rings is 2. The van der Waals surface area contributed by atoms with E-state index in [0.717, 1.165) is 24.1 Å². The maximum absolute atomic E-state index is 13.3. The minimum absolute atomic E-state index is 0.0342. The van der Waals surface area contributed by atoms with Gasteiger partial charge in [0.05, 0.1) is 6.04 Å². The second-order valence-electron chi connectivity index (χ2n) is 8.91. The molecule has 0 aliphatic carbocycles. The molecular weight excluding hydrogens is 417 g/mol. The first-order valence-corrected chi connectivity index (χ1v) is 11.1. The van der Waals surface area contributed by atoms with E-state index < -0.39 is 5.60 Å². The molecule has 1 aliphatic heterocycles. The highest BCUT2D eigenvalue weighted by molar-refractivity contribution is 6.30. The van der Waals surface area contributed by atoms with Gasteiger partial charge in [0.2, 0.25) is 0 Å². The van der Waals surface area contributed by atoms with Crippen LogP contribution < -0.4 is 10.6 Å². The molecule has 0 aromatic heterocycles. The average Bonchev–Trinajstić information content (AvgIpc) is 2.71. The Kier molecular flexibility index (Phi) is 7.79. The van der Waals surface area contributed by atoms with E-state index in [1.807, 2.05) is 45.0 Å². The van der Waals surface area contributed by atoms with Gasteiger partial charge in [0.15, 0.2) is 0 Å². The van der Waals surface area contributed by atoms with Crippen LogP contribution in [0.2, 0.25) is 5.02 Å². The van der Waals surface area contributed by atoms with Gasteiger partial charge in [-0.05, 0) is 75.6 Å². The van der Waals surface area contributed by atoms with Crippen LogP contribution in [0.3, 0.4) is 0 Å². The van der Waals surface area contributed by atoms with Crippen molar-refractivity contribution < 1.29 is 13.9 Å². The third kappa shape index (κ3) is 7.40. The summed E-state index contributed by atoms with van der Waals surface area (Å²) in [5.41, 5.74) is 1.41. The summed E-state index contributed by atoms with van der Waals surface area (Å²) in [7, 11) is 0. The quantitative estimate of drug-likeness (QED) is 0.603. The smallest absolute Gasteiger partial charge is 0.410 e. The molecule has 1 fully saturated rings. The molecule has 1 saturated heterocycles. The van der Waals surface area contributed by atoms with Crippen LogP contribution in [0.5, 0.6) is 0 Å². The average molecular weight is 448 g/mol. The highest BCUT2D eigenvalue weighted by Crippen LogP contribution is 2.23. The molecule has 1 heterocycles. The van der Waals surface area contributed by atoms with E-state index in [1.54, 1.807) is 17.0 Å². The number of amides is 1. The second-order valence-corrected chi connectivity index (χ2v) is 9.35. The van der Waals surface area contributed by atoms with Gasteiger partial charge in [-0.3, -0.25) is 0 Å². The van der Waals surface area contributed by atoms with E-state index in [4.69, 9.17) is 16.3 Å². The molecule has 1 unspecified atom stereocenters. The summed E-state index contributed by atoms with van der Waals surface area (Å²) in [6, 6.07) is 14.3. The summed E-state index contributed by atoms with van der Waals surface area (Å²) in [6.45, 7) is 7.64. The zero-order chi connectivity index (χ0) is 22.4. The lowest BCUT2D eigenvalue weighted by Crippen LogP contribution is -2.47. The molecule has 31 heavy (non-hydrogen) atoms. The number of carbonyl (C=O) groups is 1. The molecule has 7 heteroatoms. The monoisotopic (exact) mass is 447 g/mol. The van der Waals surface area contributed by atoms with Crippen molar-refractivity contribution in [3.63, 3.8) is 0 Å². The fourth-order valence-corrected chi connectivity index (χ4v) is 3.80. The van der Waals surface area contributed by atoms with Crippen molar-refractivity contribution in [2.45, 2.75) is 51.3 Å². The third-order valence-corrected chi connectivity index (χ3v) is 5.43. The van der Waals surface area contributed by atoms with Crippen molar-refractivity contribution in [1.82, 2.24) is 10.2 Å². The summed E-state index contributed by atoms with van der Waals surface area (Å²) < 4.78 is 18.7. The zero-order valence-corrected chi connectivity index (χ0v) is 19.1. The van der Waals surface area contributed by atoms with Crippen molar-refractivity contribution in [2.24, 2.45) is 0 Å². The molecule has 0 spiro atoms. The van der Waals surface area contributed by atoms with Crippen molar-refractivity contribution in [3.05, 3.63) is 64.9 Å². The summed E-state index contributed by atoms with van der Waals surface area (Å²) in [6.07, 6.45) is 1.47. The Labute approximate surface area is 188 Å². The molecule has 0 radical (unpaired) electrons. The predicted molar refractivity (Wildman–Crippen MR) is 123 cm³/mol. The molecule has 2 N–H and O–H groups in total. The largest absolute Gasteiger partial charge is 0.444 e. The maximum Gasteiger partial charge on any atom is 0.410 e. The number of likely N-dealkylation sites (tertiary alicyclic amines) is 1. The Bertz CT molecular complexity index is 862. The van der Waals surface area contributed by atoms with Gasteiger partial charge in [-0.25, -0.2) is 9.18 Å². The van der Waals surface area contributed by atoms with E-state index >= 15 is 0 Å². The Morgan fingerprint density at radius 3 is 2.48 bits per heavy atom. The van der Waals surface area contributed by atoms with Crippen LogP contribution in [0.4, 0.5) is 14.9 Å². The zero-order valence-electron chi connectivity index (χ0n) is 18.3. The first kappa shape index (κ1) is 23.4. The molecule has 5 nitrogen and oxygen atoms in total. The number of piperidine rings is 1. The molecular formula is C24H31ClFN3O2. The molecule has 0 saturated carbocycles. The van der Waals surface area contributed by atoms with E-state index in [1.165, 1.54) is 12.1 Å². The van der Waals surface area contributed by atoms with E-state index in [-0.39, 0.29) is 18.0 Å². The van der Waals surface area contributed by atoms with E-state index in [9.17, 15) is 9.18 Å². The van der Waals surface area contributed by atoms with Crippen LogP contribution in [-0.2, 0) is 4.74 Å². The Morgan fingerprint density at radius 1 is 1.19 bits per heavy atom. The molecule has 2 aromatic carbocycles. The standard InChI is InChI=1S/C24H31ClFN3O2/c1-24(2,3)31-23(30)29-13-11-20(12-14-29)27-16-22(17-5-4-6-18(25)15-17)28-21-9-7-19(26)8-10-21/h4-10,15,20,22,27-28H,11-14,16H2,1-3H3. The summed E-state index contributed by atoms with van der Waals surface area (Å²) in [5.74, 6) is -0.264. The number of carbonyl (C=O) groups excluding carboxylic acids is 1. The van der Waals surface area contributed by atoms with Crippen LogP contribution in [0.25, 0.3) is 0 Å². The van der Waals surface area contributed by atoms with Gasteiger partial charge >= 0.3 is 6.09 Å². The topological polar surface area (TPSA) is 53.6 Å². The Morgan fingerprint density at radius 2 is 1.87 bits per heavy atom. The highest BCUT2D eigenvalue weighted by Gasteiger charge is 2.27. The summed E-state index contributed by atoms with van der Waals surface area (Å²) in [5, 5.41) is 7.77. The molecule has 1 atom stereocenters. The number of nitrogens with zero attached hydrogens (tertiary/aromatic N) is 1. The minimum Gasteiger partial charge on any atom is -0.444 e. The second kappa shape index (κ2) is 10.3. The normalized spacial score (nSPS) is 16.1. The molecule has 168 valence electrons. The number of ether oxygens (including phenoxy) is 1. The van der Waals surface area contributed by atoms with Gasteiger partial charge in [0.25, 0.3) is 0 Å². The van der Waals surface area contributed by atoms with Gasteiger partial charge in [0, 0.05) is 36.4 Å². The van der Waals surface area contributed by atoms with Crippen molar-refractivity contribution in [3.8, 4) is 0 Å². The SMILES string of the molecule is CC(C)(C)OC(=O)N1CCC(NCC(Nc2ccc(F)cc2)c2cccc(Cl)c2)CC1. The first-order valence-electron chi connectivity index (χ1n) is 10.7. The number of halogens is 2. The first-order chi connectivity index (χ1) is 14.7. The minimum atomic E-state index is -0.484. The lowest BCUT2D eigenvalue weighted by molar-refractivity contribution is 0.0198. The lowest BCUT2D eigenvalue weighted by atomic mass is 10.0. The third-order valence-electron chi connectivity index (χ3n) is 5.19. The molecule has 3 rings (SSSR count). The summed E-state index contributed by atoms with van der Waals surface area (Å²) >= 11 is 6.21. The van der Waals surface area contributed by atoms with Crippen molar-refractivity contribution in [1.29, 1.82) is 0 Å². The number of hydrogen-bond acceptors (Lipinski definition) is 4. The highest BCUT2D eigenvalue weighted by atomic mass is 35.5. The molecule has 2 aromatic rings. The van der Waals surface area contributed by atoms with Gasteiger partial charge in [-0.1, -0.05) is 23.7 Å². The maximum atomic E-state index is 13.3. The predicted octanol–water partition coefficient (Wildman–Crippen LogP) is 5.62. The number of nitrogens with one attached hydrogen (secondary N) is 2. The van der Waals surface area contributed by atoms with Crippen molar-refractivity contribution >= 4 is 23.4 Å². The number of hydrogen-bond donors (Lipinski definition) is 2. The van der Waals surface area contributed by atoms with Gasteiger partial charge in [-0.15, -0.1) is 0 Å². The molecule has 0 bridgehead atoms. The van der Waals surface area contributed by atoms with Crippen molar-refractivity contribution in [2.75, 3.05) is 25.0 Å². The molecule has 1 amide bonds. The Hall–Kier alpha value is -2.31. The summed E-state index contributed by atoms with van der Waals surface area (Å²) in [4.78, 5) is 14.0.